The first-order valence-electron chi connectivity index (χ1n) is 5.33. The Morgan fingerprint density at radius 2 is 2.00 bits per heavy atom. The van der Waals surface area contributed by atoms with E-state index in [1.807, 2.05) is 13.0 Å². The Bertz CT molecular complexity index is 435. The number of hydrogen-bond acceptors (Lipinski definition) is 3. The van der Waals surface area contributed by atoms with Crippen LogP contribution in [0.1, 0.15) is 16.7 Å². The number of nitrogens with zero attached hydrogens (tertiary/aromatic N) is 2. The van der Waals surface area contributed by atoms with Gasteiger partial charge in [-0.2, -0.15) is 5.10 Å². The fourth-order valence-electron chi connectivity index (χ4n) is 1.57. The van der Waals surface area contributed by atoms with Crippen LogP contribution >= 0.6 is 0 Å². The van der Waals surface area contributed by atoms with Crippen LogP contribution in [0.3, 0.4) is 0 Å². The van der Waals surface area contributed by atoms with E-state index in [2.05, 4.69) is 46.7 Å². The maximum atomic E-state index is 4.02. The Labute approximate surface area is 95.5 Å². The number of rotatable bonds is 3. The summed E-state index contributed by atoms with van der Waals surface area (Å²) in [5.41, 5.74) is 3.64. The molecule has 2 aromatic rings. The van der Waals surface area contributed by atoms with Crippen LogP contribution in [0.4, 0.5) is 5.82 Å². The summed E-state index contributed by atoms with van der Waals surface area (Å²) in [5.74, 6) is 0.821. The lowest BCUT2D eigenvalue weighted by molar-refractivity contribution is 0.987. The monoisotopic (exact) mass is 213 g/mol. The van der Waals surface area contributed by atoms with Crippen LogP contribution in [-0.4, -0.2) is 10.2 Å². The molecule has 0 aliphatic rings. The fraction of sp³-hybridized carbons (Fsp3) is 0.231. The van der Waals surface area contributed by atoms with E-state index in [1.165, 1.54) is 11.1 Å². The molecule has 0 amide bonds. The molecule has 1 aromatic carbocycles. The highest BCUT2D eigenvalue weighted by atomic mass is 15.2. The van der Waals surface area contributed by atoms with Crippen molar-refractivity contribution in [1.29, 1.82) is 0 Å². The van der Waals surface area contributed by atoms with Crippen LogP contribution in [-0.2, 0) is 6.54 Å². The van der Waals surface area contributed by atoms with Crippen molar-refractivity contribution in [3.05, 3.63) is 53.2 Å². The second kappa shape index (κ2) is 4.75. The summed E-state index contributed by atoms with van der Waals surface area (Å²) in [7, 11) is 0. The third kappa shape index (κ3) is 2.79. The van der Waals surface area contributed by atoms with Gasteiger partial charge in [-0.3, -0.25) is 0 Å². The predicted octanol–water partition coefficient (Wildman–Crippen LogP) is 2.71. The first kappa shape index (κ1) is 10.6. The van der Waals surface area contributed by atoms with Gasteiger partial charge in [0.15, 0.2) is 0 Å². The van der Waals surface area contributed by atoms with Gasteiger partial charge in [0.1, 0.15) is 5.82 Å². The minimum absolute atomic E-state index is 0.778. The van der Waals surface area contributed by atoms with Gasteiger partial charge in [-0.1, -0.05) is 29.8 Å². The number of nitrogens with one attached hydrogen (secondary N) is 1. The Morgan fingerprint density at radius 3 is 2.75 bits per heavy atom. The molecule has 0 bridgehead atoms. The summed E-state index contributed by atoms with van der Waals surface area (Å²) in [6.45, 7) is 4.88. The molecule has 1 N–H and O–H groups in total. The zero-order valence-corrected chi connectivity index (χ0v) is 9.57. The van der Waals surface area contributed by atoms with Gasteiger partial charge in [0.25, 0.3) is 0 Å². The molecule has 1 aromatic heterocycles. The van der Waals surface area contributed by atoms with E-state index in [0.717, 1.165) is 17.9 Å². The molecule has 0 saturated heterocycles. The van der Waals surface area contributed by atoms with Crippen molar-refractivity contribution < 1.29 is 0 Å². The van der Waals surface area contributed by atoms with Gasteiger partial charge in [-0.15, -0.1) is 5.10 Å². The average molecular weight is 213 g/mol. The molecule has 0 radical (unpaired) electrons. The molecule has 1 heterocycles. The van der Waals surface area contributed by atoms with E-state index in [1.54, 1.807) is 6.20 Å². The number of anilines is 1. The van der Waals surface area contributed by atoms with Gasteiger partial charge < -0.3 is 5.32 Å². The molecule has 3 heteroatoms. The average Bonchev–Trinajstić information content (AvgIpc) is 2.27. The van der Waals surface area contributed by atoms with Crippen molar-refractivity contribution in [3.63, 3.8) is 0 Å². The molecule has 0 unspecified atom stereocenters. The Balaban J connectivity index is 2.02. The summed E-state index contributed by atoms with van der Waals surface area (Å²) < 4.78 is 0. The van der Waals surface area contributed by atoms with E-state index < -0.39 is 0 Å². The summed E-state index contributed by atoms with van der Waals surface area (Å²) in [4.78, 5) is 0. The van der Waals surface area contributed by atoms with Gasteiger partial charge in [0.05, 0.1) is 6.20 Å². The van der Waals surface area contributed by atoms with Crippen LogP contribution in [0.25, 0.3) is 0 Å². The minimum Gasteiger partial charge on any atom is -0.364 e. The molecule has 0 aliphatic heterocycles. The van der Waals surface area contributed by atoms with Crippen LogP contribution in [0.2, 0.25) is 0 Å². The number of aromatic nitrogens is 2. The quantitative estimate of drug-likeness (QED) is 0.851. The molecule has 2 rings (SSSR count). The summed E-state index contributed by atoms with van der Waals surface area (Å²) in [6, 6.07) is 10.4. The summed E-state index contributed by atoms with van der Waals surface area (Å²) in [6.07, 6.45) is 1.75. The van der Waals surface area contributed by atoms with Gasteiger partial charge >= 0.3 is 0 Å². The Hall–Kier alpha value is -1.90. The Kier molecular flexibility index (Phi) is 3.15. The lowest BCUT2D eigenvalue weighted by Crippen LogP contribution is -2.02. The van der Waals surface area contributed by atoms with Crippen LogP contribution in [0.5, 0.6) is 0 Å². The maximum absolute atomic E-state index is 4.02. The van der Waals surface area contributed by atoms with Gasteiger partial charge in [-0.05, 0) is 31.0 Å². The van der Waals surface area contributed by atoms with E-state index in [9.17, 15) is 0 Å². The molecule has 0 atom stereocenters. The summed E-state index contributed by atoms with van der Waals surface area (Å²) in [5, 5.41) is 11.2. The number of hydrogen-bond donors (Lipinski definition) is 1. The molecule has 16 heavy (non-hydrogen) atoms. The predicted molar refractivity (Wildman–Crippen MR) is 65.3 cm³/mol. The highest BCUT2D eigenvalue weighted by Gasteiger charge is 1.96. The van der Waals surface area contributed by atoms with Crippen molar-refractivity contribution in [2.75, 3.05) is 5.32 Å². The number of benzene rings is 1. The zero-order valence-electron chi connectivity index (χ0n) is 9.57. The van der Waals surface area contributed by atoms with E-state index >= 15 is 0 Å². The van der Waals surface area contributed by atoms with Crippen LogP contribution < -0.4 is 5.32 Å². The lowest BCUT2D eigenvalue weighted by Gasteiger charge is -2.06. The van der Waals surface area contributed by atoms with Crippen molar-refractivity contribution in [3.8, 4) is 0 Å². The van der Waals surface area contributed by atoms with Gasteiger partial charge in [0.2, 0.25) is 0 Å². The normalized spacial score (nSPS) is 10.1. The Morgan fingerprint density at radius 1 is 1.12 bits per heavy atom. The van der Waals surface area contributed by atoms with Crippen LogP contribution in [0.15, 0.2) is 36.5 Å². The second-order valence-corrected chi connectivity index (χ2v) is 3.96. The lowest BCUT2D eigenvalue weighted by atomic mass is 10.1. The van der Waals surface area contributed by atoms with Crippen molar-refractivity contribution in [2.45, 2.75) is 20.4 Å². The molecule has 0 spiro atoms. The highest BCUT2D eigenvalue weighted by molar-refractivity contribution is 5.36. The SMILES string of the molecule is Cc1cccc(CNc2cc(C)cnn2)c1. The third-order valence-corrected chi connectivity index (χ3v) is 2.35. The molecular formula is C13H15N3. The molecule has 0 saturated carbocycles. The topological polar surface area (TPSA) is 37.8 Å². The molecule has 3 nitrogen and oxygen atoms in total. The maximum Gasteiger partial charge on any atom is 0.149 e. The van der Waals surface area contributed by atoms with E-state index in [-0.39, 0.29) is 0 Å². The highest BCUT2D eigenvalue weighted by Crippen LogP contribution is 2.08. The standard InChI is InChI=1S/C13H15N3/c1-10-4-3-5-12(6-10)9-14-13-7-11(2)8-15-16-13/h3-8H,9H2,1-2H3,(H,14,16). The van der Waals surface area contributed by atoms with Crippen molar-refractivity contribution in [1.82, 2.24) is 10.2 Å². The number of aryl methyl sites for hydroxylation is 2. The fourth-order valence-corrected chi connectivity index (χ4v) is 1.57. The van der Waals surface area contributed by atoms with Gasteiger partial charge in [0, 0.05) is 6.54 Å². The van der Waals surface area contributed by atoms with E-state index in [0.29, 0.717) is 0 Å². The zero-order chi connectivity index (χ0) is 11.4. The minimum atomic E-state index is 0.778. The van der Waals surface area contributed by atoms with Crippen molar-refractivity contribution >= 4 is 5.82 Å². The van der Waals surface area contributed by atoms with Gasteiger partial charge in [-0.25, -0.2) is 0 Å². The molecule has 82 valence electrons. The largest absolute Gasteiger partial charge is 0.364 e. The second-order valence-electron chi connectivity index (χ2n) is 3.96. The molecule has 0 fully saturated rings. The molecule has 0 aliphatic carbocycles. The first-order valence-corrected chi connectivity index (χ1v) is 5.33. The van der Waals surface area contributed by atoms with Crippen LogP contribution in [0, 0.1) is 13.8 Å². The molecular weight excluding hydrogens is 198 g/mol. The summed E-state index contributed by atoms with van der Waals surface area (Å²) >= 11 is 0. The third-order valence-electron chi connectivity index (χ3n) is 2.35. The van der Waals surface area contributed by atoms with Crippen molar-refractivity contribution in [2.24, 2.45) is 0 Å². The smallest absolute Gasteiger partial charge is 0.149 e. The first-order chi connectivity index (χ1) is 7.74. The van der Waals surface area contributed by atoms with E-state index in [4.69, 9.17) is 0 Å².